The fourth-order valence-corrected chi connectivity index (χ4v) is 3.82. The van der Waals surface area contributed by atoms with Crippen LogP contribution in [0.3, 0.4) is 0 Å². The molecule has 0 aromatic heterocycles. The lowest BCUT2D eigenvalue weighted by molar-refractivity contribution is 0.375. The number of benzene rings is 2. The van der Waals surface area contributed by atoms with Crippen LogP contribution in [0.4, 0.5) is 0 Å². The molecule has 21 heavy (non-hydrogen) atoms. The molecule has 1 heterocycles. The van der Waals surface area contributed by atoms with Gasteiger partial charge in [-0.25, -0.2) is 0 Å². The zero-order valence-electron chi connectivity index (χ0n) is 13.1. The maximum absolute atomic E-state index is 2.43. The molecular formula is C20H23N. The summed E-state index contributed by atoms with van der Waals surface area (Å²) in [5, 5.41) is 0. The molecule has 0 bridgehead atoms. The van der Waals surface area contributed by atoms with Crippen LogP contribution in [0.2, 0.25) is 0 Å². The van der Waals surface area contributed by atoms with Crippen LogP contribution >= 0.6 is 0 Å². The normalized spacial score (nSPS) is 22.7. The van der Waals surface area contributed by atoms with Gasteiger partial charge in [0.25, 0.3) is 0 Å². The largest absolute Gasteiger partial charge is 0.374 e. The van der Waals surface area contributed by atoms with E-state index < -0.39 is 0 Å². The van der Waals surface area contributed by atoms with Gasteiger partial charge in [0.2, 0.25) is 0 Å². The minimum absolute atomic E-state index is 0.0224. The van der Waals surface area contributed by atoms with Gasteiger partial charge in [-0.15, -0.1) is 0 Å². The molecule has 0 aliphatic carbocycles. The third-order valence-electron chi connectivity index (χ3n) is 4.89. The number of likely N-dealkylation sites (tertiary alicyclic amines) is 1. The monoisotopic (exact) mass is 277 g/mol. The smallest absolute Gasteiger partial charge is 0.0616 e. The van der Waals surface area contributed by atoms with E-state index in [4.69, 9.17) is 0 Å². The predicted molar refractivity (Wildman–Crippen MR) is 89.3 cm³/mol. The van der Waals surface area contributed by atoms with Crippen LogP contribution < -0.4 is 0 Å². The van der Waals surface area contributed by atoms with Crippen molar-refractivity contribution < 1.29 is 0 Å². The molecule has 2 aromatic carbocycles. The van der Waals surface area contributed by atoms with Crippen molar-refractivity contribution in [2.24, 2.45) is 0 Å². The Labute approximate surface area is 127 Å². The van der Waals surface area contributed by atoms with Gasteiger partial charge in [0, 0.05) is 18.8 Å². The lowest BCUT2D eigenvalue weighted by Gasteiger charge is -2.33. The number of hydrogen-bond donors (Lipinski definition) is 0. The molecule has 1 aliphatic heterocycles. The maximum Gasteiger partial charge on any atom is 0.0616 e. The molecule has 1 atom stereocenters. The topological polar surface area (TPSA) is 3.24 Å². The molecule has 1 fully saturated rings. The standard InChI is InChI=1S/C20H23N/c1-4-19-20(15-16(2)21(19)3,17-11-7-5-8-12-17)18-13-9-6-10-14-18/h4-14,16H,15H2,1-3H3/t16-/m1/s1. The molecule has 1 aliphatic rings. The Hall–Kier alpha value is -2.02. The van der Waals surface area contributed by atoms with Crippen LogP contribution in [-0.2, 0) is 5.41 Å². The van der Waals surface area contributed by atoms with E-state index in [-0.39, 0.29) is 5.41 Å². The van der Waals surface area contributed by atoms with Crippen LogP contribution in [0, 0.1) is 0 Å². The first-order chi connectivity index (χ1) is 10.2. The van der Waals surface area contributed by atoms with Gasteiger partial charge < -0.3 is 4.90 Å². The molecule has 108 valence electrons. The summed E-state index contributed by atoms with van der Waals surface area (Å²) < 4.78 is 0. The van der Waals surface area contributed by atoms with E-state index in [0.717, 1.165) is 6.42 Å². The second kappa shape index (κ2) is 5.40. The van der Waals surface area contributed by atoms with Gasteiger partial charge in [-0.3, -0.25) is 0 Å². The second-order valence-electron chi connectivity index (χ2n) is 5.98. The summed E-state index contributed by atoms with van der Waals surface area (Å²) in [4.78, 5) is 2.43. The lowest BCUT2D eigenvalue weighted by atomic mass is 9.71. The fraction of sp³-hybridized carbons (Fsp3) is 0.300. The molecule has 1 nitrogen and oxygen atoms in total. The zero-order chi connectivity index (χ0) is 14.9. The molecule has 0 unspecified atom stereocenters. The Bertz CT molecular complexity index is 588. The summed E-state index contributed by atoms with van der Waals surface area (Å²) in [6.45, 7) is 4.47. The summed E-state index contributed by atoms with van der Waals surface area (Å²) >= 11 is 0. The van der Waals surface area contributed by atoms with Crippen molar-refractivity contribution >= 4 is 0 Å². The highest BCUT2D eigenvalue weighted by Crippen LogP contribution is 2.49. The Kier molecular flexibility index (Phi) is 3.59. The molecule has 0 N–H and O–H groups in total. The summed E-state index contributed by atoms with van der Waals surface area (Å²) in [7, 11) is 2.22. The average molecular weight is 277 g/mol. The van der Waals surface area contributed by atoms with Crippen molar-refractivity contribution in [3.63, 3.8) is 0 Å². The Morgan fingerprint density at radius 3 is 1.86 bits per heavy atom. The van der Waals surface area contributed by atoms with Gasteiger partial charge in [-0.2, -0.15) is 0 Å². The molecule has 0 spiro atoms. The fourth-order valence-electron chi connectivity index (χ4n) is 3.82. The van der Waals surface area contributed by atoms with Crippen LogP contribution in [0.1, 0.15) is 31.4 Å². The molecule has 2 aromatic rings. The highest BCUT2D eigenvalue weighted by atomic mass is 15.2. The van der Waals surface area contributed by atoms with Crippen molar-refractivity contribution in [2.45, 2.75) is 31.7 Å². The number of allylic oxidation sites excluding steroid dienone is 2. The highest BCUT2D eigenvalue weighted by Gasteiger charge is 2.47. The maximum atomic E-state index is 2.43. The first kappa shape index (κ1) is 13.9. The first-order valence-corrected chi connectivity index (χ1v) is 7.71. The Morgan fingerprint density at radius 1 is 0.952 bits per heavy atom. The average Bonchev–Trinajstić information content (AvgIpc) is 2.81. The van der Waals surface area contributed by atoms with Gasteiger partial charge >= 0.3 is 0 Å². The number of nitrogens with zero attached hydrogens (tertiary/aromatic N) is 1. The lowest BCUT2D eigenvalue weighted by Crippen LogP contribution is -2.29. The van der Waals surface area contributed by atoms with E-state index >= 15 is 0 Å². The number of rotatable bonds is 2. The minimum Gasteiger partial charge on any atom is -0.374 e. The van der Waals surface area contributed by atoms with Crippen molar-refractivity contribution in [1.29, 1.82) is 0 Å². The van der Waals surface area contributed by atoms with Crippen molar-refractivity contribution in [2.75, 3.05) is 7.05 Å². The van der Waals surface area contributed by atoms with Gasteiger partial charge in [-0.05, 0) is 31.4 Å². The second-order valence-corrected chi connectivity index (χ2v) is 5.98. The molecule has 3 rings (SSSR count). The van der Waals surface area contributed by atoms with Gasteiger partial charge in [0.05, 0.1) is 5.41 Å². The SMILES string of the molecule is CC=C1N(C)[C@H](C)CC1(c1ccccc1)c1ccccc1. The molecule has 0 amide bonds. The van der Waals surface area contributed by atoms with E-state index in [1.54, 1.807) is 0 Å². The quantitative estimate of drug-likeness (QED) is 0.775. The third kappa shape index (κ3) is 2.08. The van der Waals surface area contributed by atoms with Gasteiger partial charge in [0.1, 0.15) is 0 Å². The van der Waals surface area contributed by atoms with Crippen molar-refractivity contribution in [3.05, 3.63) is 83.6 Å². The predicted octanol–water partition coefficient (Wildman–Crippen LogP) is 4.60. The van der Waals surface area contributed by atoms with Gasteiger partial charge in [0.15, 0.2) is 0 Å². The summed E-state index contributed by atoms with van der Waals surface area (Å²) in [6.07, 6.45) is 3.40. The van der Waals surface area contributed by atoms with Crippen molar-refractivity contribution in [3.8, 4) is 0 Å². The number of likely N-dealkylation sites (N-methyl/N-ethyl adjacent to an activating group) is 1. The molecule has 1 heteroatoms. The van der Waals surface area contributed by atoms with Crippen LogP contribution in [-0.4, -0.2) is 18.0 Å². The molecule has 0 saturated carbocycles. The van der Waals surface area contributed by atoms with E-state index in [1.165, 1.54) is 16.8 Å². The number of hydrogen-bond acceptors (Lipinski definition) is 1. The highest BCUT2D eigenvalue weighted by molar-refractivity contribution is 5.50. The zero-order valence-corrected chi connectivity index (χ0v) is 13.1. The summed E-state index contributed by atoms with van der Waals surface area (Å²) in [5.74, 6) is 0. The van der Waals surface area contributed by atoms with E-state index in [9.17, 15) is 0 Å². The molecule has 0 radical (unpaired) electrons. The van der Waals surface area contributed by atoms with Crippen LogP contribution in [0.25, 0.3) is 0 Å². The van der Waals surface area contributed by atoms with Gasteiger partial charge in [-0.1, -0.05) is 66.7 Å². The summed E-state index contributed by atoms with van der Waals surface area (Å²) in [5.41, 5.74) is 4.17. The Balaban J connectivity index is 2.27. The first-order valence-electron chi connectivity index (χ1n) is 7.71. The van der Waals surface area contributed by atoms with Crippen molar-refractivity contribution in [1.82, 2.24) is 4.90 Å². The third-order valence-corrected chi connectivity index (χ3v) is 4.89. The summed E-state index contributed by atoms with van der Waals surface area (Å²) in [6, 6.07) is 22.4. The Morgan fingerprint density at radius 2 is 1.43 bits per heavy atom. The minimum atomic E-state index is -0.0224. The molecule has 1 saturated heterocycles. The van der Waals surface area contributed by atoms with Crippen LogP contribution in [0.5, 0.6) is 0 Å². The van der Waals surface area contributed by atoms with E-state index in [2.05, 4.69) is 92.5 Å². The molecular weight excluding hydrogens is 254 g/mol. The van der Waals surface area contributed by atoms with E-state index in [1.807, 2.05) is 0 Å². The van der Waals surface area contributed by atoms with Crippen LogP contribution in [0.15, 0.2) is 72.4 Å². The van der Waals surface area contributed by atoms with E-state index in [0.29, 0.717) is 6.04 Å².